The summed E-state index contributed by atoms with van der Waals surface area (Å²) < 4.78 is 28.4. The lowest BCUT2D eigenvalue weighted by atomic mass is 9.53. The van der Waals surface area contributed by atoms with E-state index in [1.165, 1.54) is 43.3 Å². The van der Waals surface area contributed by atoms with Crippen molar-refractivity contribution in [2.45, 2.75) is 30.1 Å². The maximum Gasteiger partial charge on any atom is 0.255 e. The number of aliphatic hydroxyl groups is 4. The van der Waals surface area contributed by atoms with Crippen molar-refractivity contribution in [3.05, 3.63) is 81.6 Å². The van der Waals surface area contributed by atoms with E-state index in [0.29, 0.717) is 6.07 Å². The molecular weight excluding hydrogens is 530 g/mol. The first-order valence-corrected chi connectivity index (χ1v) is 12.3. The van der Waals surface area contributed by atoms with Crippen LogP contribution in [0.4, 0.5) is 8.78 Å². The molecule has 0 aromatic heterocycles. The van der Waals surface area contributed by atoms with Gasteiger partial charge in [0.2, 0.25) is 5.78 Å². The normalized spacial score (nSPS) is 29.8. The van der Waals surface area contributed by atoms with E-state index in [0.717, 1.165) is 6.07 Å². The van der Waals surface area contributed by atoms with Gasteiger partial charge < -0.3 is 31.3 Å². The van der Waals surface area contributed by atoms with Crippen LogP contribution in [0, 0.1) is 23.5 Å². The molecule has 10 nitrogen and oxygen atoms in total. The fraction of sp³-hybridized carbons (Fsp3) is 0.321. The van der Waals surface area contributed by atoms with Crippen LogP contribution in [0.2, 0.25) is 0 Å². The van der Waals surface area contributed by atoms with E-state index in [4.69, 9.17) is 5.73 Å². The number of ketones is 2. The quantitative estimate of drug-likeness (QED) is 0.299. The molecule has 0 bridgehead atoms. The van der Waals surface area contributed by atoms with E-state index in [-0.39, 0.29) is 23.1 Å². The molecule has 3 aliphatic carbocycles. The number of phenols is 1. The van der Waals surface area contributed by atoms with Gasteiger partial charge in [0.25, 0.3) is 5.91 Å². The summed E-state index contributed by atoms with van der Waals surface area (Å²) in [6.07, 6.45) is -2.11. The van der Waals surface area contributed by atoms with Crippen molar-refractivity contribution in [1.29, 1.82) is 0 Å². The third-order valence-corrected chi connectivity index (χ3v) is 8.25. The SMILES string of the molecule is CN(C)C1C(=O)C(C(N)=O)=C(O)C2(O)C(=O)C3=C(O)c4c(O)cccc4C(Cc4ccc(F)cc4F)C3C(O)C12. The molecule has 2 aromatic rings. The summed E-state index contributed by atoms with van der Waals surface area (Å²) in [5.74, 6) is -12.4. The lowest BCUT2D eigenvalue weighted by molar-refractivity contribution is -0.169. The molecule has 1 amide bonds. The summed E-state index contributed by atoms with van der Waals surface area (Å²) in [6.45, 7) is 0. The second-order valence-corrected chi connectivity index (χ2v) is 10.5. The molecule has 12 heteroatoms. The number of Topliss-reactive ketones (excluding diaryl/α,β-unsaturated/α-hetero) is 2. The molecule has 0 saturated heterocycles. The summed E-state index contributed by atoms with van der Waals surface area (Å²) >= 11 is 0. The van der Waals surface area contributed by atoms with Crippen LogP contribution in [-0.2, 0) is 20.8 Å². The van der Waals surface area contributed by atoms with Crippen molar-refractivity contribution in [2.75, 3.05) is 14.1 Å². The Bertz CT molecular complexity index is 1550. The Labute approximate surface area is 226 Å². The number of carbonyl (C=O) groups excluding carboxylic acids is 3. The van der Waals surface area contributed by atoms with Gasteiger partial charge in [0.05, 0.1) is 23.6 Å². The van der Waals surface area contributed by atoms with Crippen LogP contribution < -0.4 is 5.73 Å². The smallest absolute Gasteiger partial charge is 0.255 e. The van der Waals surface area contributed by atoms with Crippen LogP contribution in [0.1, 0.15) is 22.6 Å². The number of halogens is 2. The highest BCUT2D eigenvalue weighted by atomic mass is 19.1. The second-order valence-electron chi connectivity index (χ2n) is 10.5. The predicted octanol–water partition coefficient (Wildman–Crippen LogP) is 0.997. The number of hydrogen-bond acceptors (Lipinski definition) is 9. The van der Waals surface area contributed by atoms with Crippen molar-refractivity contribution in [3.8, 4) is 5.75 Å². The Morgan fingerprint density at radius 1 is 1.10 bits per heavy atom. The predicted molar refractivity (Wildman–Crippen MR) is 135 cm³/mol. The highest BCUT2D eigenvalue weighted by Crippen LogP contribution is 2.56. The fourth-order valence-corrected chi connectivity index (χ4v) is 6.56. The average molecular weight is 557 g/mol. The number of likely N-dealkylation sites (N-methyl/N-ethyl adjacent to an activating group) is 1. The third kappa shape index (κ3) is 3.60. The lowest BCUT2D eigenvalue weighted by Crippen LogP contribution is -2.70. The van der Waals surface area contributed by atoms with E-state index < -0.39 is 93.0 Å². The minimum absolute atomic E-state index is 0.00967. The minimum Gasteiger partial charge on any atom is -0.508 e. The van der Waals surface area contributed by atoms with Gasteiger partial charge in [-0.3, -0.25) is 19.3 Å². The van der Waals surface area contributed by atoms with Gasteiger partial charge >= 0.3 is 0 Å². The summed E-state index contributed by atoms with van der Waals surface area (Å²) in [5.41, 5.74) is 0.593. The number of phenolic OH excluding ortho intramolecular Hbond substituents is 1. The third-order valence-electron chi connectivity index (χ3n) is 8.25. The van der Waals surface area contributed by atoms with Crippen LogP contribution in [-0.4, -0.2) is 79.7 Å². The minimum atomic E-state index is -3.07. The zero-order chi connectivity index (χ0) is 29.4. The Morgan fingerprint density at radius 2 is 1.77 bits per heavy atom. The molecule has 0 spiro atoms. The van der Waals surface area contributed by atoms with Crippen LogP contribution in [0.15, 0.2) is 53.3 Å². The highest BCUT2D eigenvalue weighted by Gasteiger charge is 2.68. The number of hydrogen-bond donors (Lipinski definition) is 6. The number of rotatable bonds is 4. The van der Waals surface area contributed by atoms with E-state index in [1.807, 2.05) is 0 Å². The Balaban J connectivity index is 1.80. The van der Waals surface area contributed by atoms with Crippen LogP contribution in [0.25, 0.3) is 5.76 Å². The standard InChI is InChI=1S/C28H26F2N2O8/c1-32(2)21-20-23(35)17-13(8-10-6-7-11(29)9-14(10)30)12-4-3-5-15(33)16(12)22(34)18(17)25(37)28(20,40)26(38)19(24(21)36)27(31)39/h3-7,9,13,17,20-21,23,33-35,38,40H,8H2,1-2H3,(H2,31,39). The summed E-state index contributed by atoms with van der Waals surface area (Å²) in [4.78, 5) is 40.8. The first-order chi connectivity index (χ1) is 18.7. The van der Waals surface area contributed by atoms with E-state index >= 15 is 0 Å². The molecular formula is C28H26F2N2O8. The Morgan fingerprint density at radius 3 is 2.38 bits per heavy atom. The van der Waals surface area contributed by atoms with Crippen molar-refractivity contribution < 1.29 is 48.7 Å². The number of primary amides is 1. The van der Waals surface area contributed by atoms with Gasteiger partial charge in [0.15, 0.2) is 11.4 Å². The van der Waals surface area contributed by atoms with Gasteiger partial charge in [-0.2, -0.15) is 0 Å². The molecule has 210 valence electrons. The van der Waals surface area contributed by atoms with Gasteiger partial charge in [-0.05, 0) is 49.7 Å². The van der Waals surface area contributed by atoms with Gasteiger partial charge in [0.1, 0.15) is 34.5 Å². The maximum absolute atomic E-state index is 14.8. The largest absolute Gasteiger partial charge is 0.508 e. The van der Waals surface area contributed by atoms with Crippen molar-refractivity contribution in [3.63, 3.8) is 0 Å². The number of aliphatic hydroxyl groups excluding tert-OH is 3. The maximum atomic E-state index is 14.8. The molecule has 5 rings (SSSR count). The van der Waals surface area contributed by atoms with E-state index in [2.05, 4.69) is 0 Å². The summed E-state index contributed by atoms with van der Waals surface area (Å²) in [5, 5.41) is 56.5. The summed E-state index contributed by atoms with van der Waals surface area (Å²) in [6, 6.07) is 5.48. The number of nitrogens with two attached hydrogens (primary N) is 1. The molecule has 3 aliphatic rings. The monoisotopic (exact) mass is 556 g/mol. The zero-order valence-corrected chi connectivity index (χ0v) is 21.3. The first kappa shape index (κ1) is 27.4. The molecule has 0 radical (unpaired) electrons. The van der Waals surface area contributed by atoms with E-state index in [9.17, 15) is 48.7 Å². The number of aromatic hydroxyl groups is 1. The van der Waals surface area contributed by atoms with Crippen LogP contribution in [0.3, 0.4) is 0 Å². The van der Waals surface area contributed by atoms with Crippen LogP contribution in [0.5, 0.6) is 5.75 Å². The molecule has 6 unspecified atom stereocenters. The molecule has 0 aliphatic heterocycles. The second kappa shape index (κ2) is 9.22. The van der Waals surface area contributed by atoms with Gasteiger partial charge in [-0.1, -0.05) is 18.2 Å². The van der Waals surface area contributed by atoms with Crippen molar-refractivity contribution in [1.82, 2.24) is 4.90 Å². The average Bonchev–Trinajstić information content (AvgIpc) is 2.86. The Hall–Kier alpha value is -4.13. The number of amides is 1. The van der Waals surface area contributed by atoms with Crippen molar-refractivity contribution >= 4 is 23.2 Å². The van der Waals surface area contributed by atoms with Gasteiger partial charge in [-0.15, -0.1) is 0 Å². The molecule has 1 saturated carbocycles. The topological polar surface area (TPSA) is 182 Å². The number of carbonyl (C=O) groups is 3. The van der Waals surface area contributed by atoms with E-state index in [1.54, 1.807) is 0 Å². The zero-order valence-electron chi connectivity index (χ0n) is 21.3. The summed E-state index contributed by atoms with van der Waals surface area (Å²) in [7, 11) is 2.78. The molecule has 1 fully saturated rings. The van der Waals surface area contributed by atoms with Gasteiger partial charge in [-0.25, -0.2) is 8.78 Å². The molecule has 6 atom stereocenters. The molecule has 0 heterocycles. The number of benzene rings is 2. The fourth-order valence-electron chi connectivity index (χ4n) is 6.56. The lowest BCUT2D eigenvalue weighted by Gasteiger charge is -2.54. The highest BCUT2D eigenvalue weighted by molar-refractivity contribution is 6.24. The van der Waals surface area contributed by atoms with Crippen molar-refractivity contribution in [2.24, 2.45) is 17.6 Å². The Kier molecular flexibility index (Phi) is 6.32. The van der Waals surface area contributed by atoms with Gasteiger partial charge in [0, 0.05) is 17.6 Å². The first-order valence-electron chi connectivity index (χ1n) is 12.3. The number of fused-ring (bicyclic) bond motifs is 3. The number of nitrogens with zero attached hydrogens (tertiary/aromatic N) is 1. The molecule has 40 heavy (non-hydrogen) atoms. The molecule has 2 aromatic carbocycles. The molecule has 7 N–H and O–H groups in total. The van der Waals surface area contributed by atoms with Crippen LogP contribution >= 0.6 is 0 Å².